The molecule has 0 atom stereocenters. The number of non-ortho nitro benzene ring substituents is 1. The molecular weight excluding hydrogens is 507 g/mol. The van der Waals surface area contributed by atoms with Gasteiger partial charge in [0.2, 0.25) is 0 Å². The first-order chi connectivity index (χ1) is 16.4. The first kappa shape index (κ1) is 24.3. The third-order valence-electron chi connectivity index (χ3n) is 4.80. The number of aryl methyl sites for hydroxylation is 2. The second kappa shape index (κ2) is 9.08. The lowest BCUT2D eigenvalue weighted by atomic mass is 10.2. The van der Waals surface area contributed by atoms with Gasteiger partial charge < -0.3 is 10.1 Å². The van der Waals surface area contributed by atoms with Crippen molar-refractivity contribution in [2.24, 2.45) is 0 Å². The molecule has 0 saturated heterocycles. The first-order valence-electron chi connectivity index (χ1n) is 9.90. The van der Waals surface area contributed by atoms with Crippen molar-refractivity contribution in [2.45, 2.75) is 19.2 Å². The molecule has 9 nitrogen and oxygen atoms in total. The highest BCUT2D eigenvalue weighted by Crippen LogP contribution is 2.33. The molecule has 0 saturated carbocycles. The number of fused-ring (bicyclic) bond motifs is 1. The molecule has 1 amide bonds. The van der Waals surface area contributed by atoms with Gasteiger partial charge in [-0.25, -0.2) is 9.50 Å². The number of nitro benzene ring substituents is 1. The van der Waals surface area contributed by atoms with Crippen LogP contribution in [-0.4, -0.2) is 25.4 Å². The SMILES string of the molecule is Cc1cc(C(F)(F)Cl)n2nc(C(=O)Nc3cc(Oc4ccc(Cl)c(C)c4)cc([N+](=O)[O-])c3)cc2n1. The summed E-state index contributed by atoms with van der Waals surface area (Å²) >= 11 is 11.2. The zero-order valence-corrected chi connectivity index (χ0v) is 19.6. The van der Waals surface area contributed by atoms with Gasteiger partial charge >= 0.3 is 5.38 Å². The van der Waals surface area contributed by atoms with Gasteiger partial charge in [-0.15, -0.1) is 0 Å². The van der Waals surface area contributed by atoms with Crippen LogP contribution in [0.15, 0.2) is 48.5 Å². The molecule has 0 spiro atoms. The Labute approximate surface area is 206 Å². The number of anilines is 1. The van der Waals surface area contributed by atoms with Crippen LogP contribution >= 0.6 is 23.2 Å². The molecule has 0 radical (unpaired) electrons. The highest BCUT2D eigenvalue weighted by molar-refractivity contribution is 6.31. The number of amides is 1. The summed E-state index contributed by atoms with van der Waals surface area (Å²) in [6.45, 7) is 3.26. The monoisotopic (exact) mass is 521 g/mol. The average Bonchev–Trinajstić information content (AvgIpc) is 3.19. The van der Waals surface area contributed by atoms with Gasteiger partial charge in [-0.2, -0.15) is 13.9 Å². The van der Waals surface area contributed by atoms with E-state index in [0.29, 0.717) is 10.8 Å². The molecule has 35 heavy (non-hydrogen) atoms. The van der Waals surface area contributed by atoms with Gasteiger partial charge in [-0.1, -0.05) is 11.6 Å². The molecule has 0 aliphatic carbocycles. The molecule has 180 valence electrons. The van der Waals surface area contributed by atoms with Crippen molar-refractivity contribution in [1.29, 1.82) is 0 Å². The van der Waals surface area contributed by atoms with Crippen molar-refractivity contribution in [1.82, 2.24) is 14.6 Å². The van der Waals surface area contributed by atoms with Crippen molar-refractivity contribution in [3.8, 4) is 11.5 Å². The summed E-state index contributed by atoms with van der Waals surface area (Å²) in [5, 5.41) is 14.5. The van der Waals surface area contributed by atoms with Crippen LogP contribution in [0.1, 0.15) is 27.4 Å². The Hall–Kier alpha value is -3.83. The second-order valence-corrected chi connectivity index (χ2v) is 8.40. The zero-order chi connectivity index (χ0) is 25.5. The van der Waals surface area contributed by atoms with E-state index in [4.69, 9.17) is 27.9 Å². The fourth-order valence-corrected chi connectivity index (χ4v) is 3.50. The van der Waals surface area contributed by atoms with Gasteiger partial charge in [-0.05, 0) is 55.3 Å². The lowest BCUT2D eigenvalue weighted by Gasteiger charge is -2.10. The van der Waals surface area contributed by atoms with E-state index in [9.17, 15) is 23.7 Å². The van der Waals surface area contributed by atoms with Gasteiger partial charge in [0, 0.05) is 28.9 Å². The number of nitrogens with one attached hydrogen (secondary N) is 1. The van der Waals surface area contributed by atoms with E-state index in [0.717, 1.165) is 22.2 Å². The number of nitrogens with zero attached hydrogens (tertiary/aromatic N) is 4. The van der Waals surface area contributed by atoms with Crippen LogP contribution in [-0.2, 0) is 5.38 Å². The number of carbonyl (C=O) groups excluding carboxylic acids is 1. The molecule has 4 rings (SSSR count). The zero-order valence-electron chi connectivity index (χ0n) is 18.1. The lowest BCUT2D eigenvalue weighted by molar-refractivity contribution is -0.384. The van der Waals surface area contributed by atoms with Gasteiger partial charge in [0.15, 0.2) is 11.3 Å². The summed E-state index contributed by atoms with van der Waals surface area (Å²) < 4.78 is 34.1. The normalized spacial score (nSPS) is 11.5. The van der Waals surface area contributed by atoms with Crippen LogP contribution in [0.3, 0.4) is 0 Å². The molecular formula is C22H15Cl2F2N5O4. The molecule has 4 aromatic rings. The Morgan fingerprint density at radius 2 is 1.89 bits per heavy atom. The Morgan fingerprint density at radius 1 is 1.14 bits per heavy atom. The van der Waals surface area contributed by atoms with E-state index in [1.165, 1.54) is 25.1 Å². The highest BCUT2D eigenvalue weighted by atomic mass is 35.5. The Balaban J connectivity index is 1.66. The fraction of sp³-hybridized carbons (Fsp3) is 0.136. The second-order valence-electron chi connectivity index (χ2n) is 7.52. The Morgan fingerprint density at radius 3 is 2.54 bits per heavy atom. The third kappa shape index (κ3) is 5.31. The van der Waals surface area contributed by atoms with Crippen molar-refractivity contribution >= 4 is 46.1 Å². The maximum Gasteiger partial charge on any atom is 0.364 e. The number of alkyl halides is 3. The molecule has 0 aliphatic rings. The summed E-state index contributed by atoms with van der Waals surface area (Å²) in [4.78, 5) is 27.6. The predicted octanol–water partition coefficient (Wildman–Crippen LogP) is 6.24. The van der Waals surface area contributed by atoms with E-state index >= 15 is 0 Å². The molecule has 0 aliphatic heterocycles. The Bertz CT molecular complexity index is 1490. The standard InChI is InChI=1S/C22H15Cl2F2N5O4/c1-11-5-15(3-4-17(11)23)35-16-8-13(7-14(9-16)31(33)34)28-21(32)18-10-20-27-12(2)6-19(22(24,25)26)30(20)29-18/h3-10H,1-2H3,(H,28,32). The average molecular weight is 522 g/mol. The van der Waals surface area contributed by atoms with Gasteiger partial charge in [0.05, 0.1) is 16.7 Å². The van der Waals surface area contributed by atoms with Crippen LogP contribution in [0.25, 0.3) is 5.65 Å². The quantitative estimate of drug-likeness (QED) is 0.182. The van der Waals surface area contributed by atoms with E-state index in [2.05, 4.69) is 15.4 Å². The van der Waals surface area contributed by atoms with E-state index in [-0.39, 0.29) is 34.2 Å². The summed E-state index contributed by atoms with van der Waals surface area (Å²) in [7, 11) is 0. The Kier molecular flexibility index (Phi) is 6.30. The summed E-state index contributed by atoms with van der Waals surface area (Å²) in [6.07, 6.45) is 0. The van der Waals surface area contributed by atoms with Crippen molar-refractivity contribution in [2.75, 3.05) is 5.32 Å². The number of carbonyl (C=O) groups is 1. The molecule has 2 heterocycles. The summed E-state index contributed by atoms with van der Waals surface area (Å²) in [6, 6.07) is 10.8. The van der Waals surface area contributed by atoms with E-state index in [1.807, 2.05) is 0 Å². The predicted molar refractivity (Wildman–Crippen MR) is 125 cm³/mol. The van der Waals surface area contributed by atoms with E-state index in [1.54, 1.807) is 25.1 Å². The van der Waals surface area contributed by atoms with Crippen molar-refractivity contribution in [3.05, 3.63) is 86.3 Å². The van der Waals surface area contributed by atoms with Gasteiger partial charge in [0.25, 0.3) is 11.6 Å². The number of nitro groups is 1. The van der Waals surface area contributed by atoms with Crippen LogP contribution in [0.2, 0.25) is 5.02 Å². The number of hydrogen-bond donors (Lipinski definition) is 1. The molecule has 0 bridgehead atoms. The van der Waals surface area contributed by atoms with Crippen molar-refractivity contribution in [3.63, 3.8) is 0 Å². The highest BCUT2D eigenvalue weighted by Gasteiger charge is 2.32. The number of benzene rings is 2. The number of rotatable bonds is 6. The minimum Gasteiger partial charge on any atom is -0.457 e. The summed E-state index contributed by atoms with van der Waals surface area (Å²) in [5.41, 5.74) is -0.281. The maximum absolute atomic E-state index is 13.8. The minimum absolute atomic E-state index is 0.0216. The molecule has 1 N–H and O–H groups in total. The largest absolute Gasteiger partial charge is 0.457 e. The number of halogens is 4. The van der Waals surface area contributed by atoms with E-state index < -0.39 is 21.9 Å². The molecule has 2 aromatic heterocycles. The lowest BCUT2D eigenvalue weighted by Crippen LogP contribution is -2.15. The first-order valence-corrected chi connectivity index (χ1v) is 10.7. The van der Waals surface area contributed by atoms with Crippen LogP contribution < -0.4 is 10.1 Å². The summed E-state index contributed by atoms with van der Waals surface area (Å²) in [5.74, 6) is -0.362. The number of ether oxygens (including phenoxy) is 1. The number of aromatic nitrogens is 3. The van der Waals surface area contributed by atoms with Gasteiger partial charge in [0.1, 0.15) is 17.2 Å². The molecule has 0 fully saturated rings. The number of hydrogen-bond acceptors (Lipinski definition) is 6. The van der Waals surface area contributed by atoms with Crippen LogP contribution in [0, 0.1) is 24.0 Å². The fourth-order valence-electron chi connectivity index (χ4n) is 3.24. The molecule has 13 heteroatoms. The van der Waals surface area contributed by atoms with Crippen LogP contribution in [0.5, 0.6) is 11.5 Å². The third-order valence-corrected chi connectivity index (χ3v) is 5.42. The topological polar surface area (TPSA) is 112 Å². The molecule has 0 unspecified atom stereocenters. The van der Waals surface area contributed by atoms with Gasteiger partial charge in [-0.3, -0.25) is 14.9 Å². The molecule has 2 aromatic carbocycles. The minimum atomic E-state index is -3.75. The van der Waals surface area contributed by atoms with Crippen LogP contribution in [0.4, 0.5) is 20.2 Å². The maximum atomic E-state index is 13.8. The van der Waals surface area contributed by atoms with Crippen molar-refractivity contribution < 1.29 is 23.2 Å². The smallest absolute Gasteiger partial charge is 0.364 e.